The quantitative estimate of drug-likeness (QED) is 0.860. The highest BCUT2D eigenvalue weighted by molar-refractivity contribution is 7.89. The van der Waals surface area contributed by atoms with Gasteiger partial charge in [0.05, 0.1) is 23.6 Å². The Labute approximate surface area is 106 Å². The average Bonchev–Trinajstić information content (AvgIpc) is 2.69. The smallest absolute Gasteiger partial charge is 0.244 e. The number of nitrogens with zero attached hydrogens (tertiary/aromatic N) is 2. The monoisotopic (exact) mass is 266 g/mol. The van der Waals surface area contributed by atoms with E-state index in [4.69, 9.17) is 0 Å². The molecule has 0 radical (unpaired) electrons. The first-order valence-electron chi connectivity index (χ1n) is 5.42. The van der Waals surface area contributed by atoms with Gasteiger partial charge in [0.2, 0.25) is 10.0 Å². The van der Waals surface area contributed by atoms with Crippen molar-refractivity contribution in [2.75, 3.05) is 0 Å². The Bertz CT molecular complexity index is 615. The van der Waals surface area contributed by atoms with E-state index in [2.05, 4.69) is 19.9 Å². The van der Waals surface area contributed by atoms with E-state index < -0.39 is 10.0 Å². The summed E-state index contributed by atoms with van der Waals surface area (Å²) in [6.45, 7) is 3.49. The van der Waals surface area contributed by atoms with Gasteiger partial charge in [-0.2, -0.15) is 5.10 Å². The van der Waals surface area contributed by atoms with E-state index >= 15 is 0 Å². The number of aromatic nitrogens is 3. The van der Waals surface area contributed by atoms with Gasteiger partial charge < -0.3 is 0 Å². The molecular formula is C11H14N4O2S. The van der Waals surface area contributed by atoms with Crippen molar-refractivity contribution >= 4 is 10.0 Å². The maximum absolute atomic E-state index is 12.1. The molecule has 0 amide bonds. The van der Waals surface area contributed by atoms with Gasteiger partial charge in [-0.3, -0.25) is 10.1 Å². The molecule has 0 aliphatic heterocycles. The van der Waals surface area contributed by atoms with Gasteiger partial charge in [-0.15, -0.1) is 0 Å². The zero-order chi connectivity index (χ0) is 13.2. The lowest BCUT2D eigenvalue weighted by Gasteiger charge is -2.06. The number of aryl methyl sites for hydroxylation is 2. The van der Waals surface area contributed by atoms with Crippen LogP contribution >= 0.6 is 0 Å². The van der Waals surface area contributed by atoms with Crippen LogP contribution in [-0.2, 0) is 16.6 Å². The Balaban J connectivity index is 2.19. The Kier molecular flexibility index (Phi) is 3.44. The van der Waals surface area contributed by atoms with Crippen LogP contribution in [0.4, 0.5) is 0 Å². The van der Waals surface area contributed by atoms with Gasteiger partial charge in [-0.1, -0.05) is 6.07 Å². The molecule has 0 bridgehead atoms. The maximum atomic E-state index is 12.1. The van der Waals surface area contributed by atoms with E-state index in [-0.39, 0.29) is 11.4 Å². The van der Waals surface area contributed by atoms with Crippen molar-refractivity contribution in [2.24, 2.45) is 0 Å². The van der Waals surface area contributed by atoms with Crippen LogP contribution in [0, 0.1) is 13.8 Å². The zero-order valence-electron chi connectivity index (χ0n) is 10.1. The summed E-state index contributed by atoms with van der Waals surface area (Å²) < 4.78 is 26.7. The van der Waals surface area contributed by atoms with Crippen LogP contribution in [0.5, 0.6) is 0 Å². The van der Waals surface area contributed by atoms with Crippen LogP contribution in [0.25, 0.3) is 0 Å². The Hall–Kier alpha value is -1.73. The van der Waals surface area contributed by atoms with Crippen LogP contribution < -0.4 is 4.72 Å². The minimum Gasteiger partial charge on any atom is -0.281 e. The molecule has 2 heterocycles. The molecule has 18 heavy (non-hydrogen) atoms. The summed E-state index contributed by atoms with van der Waals surface area (Å²) in [5, 5.41) is 6.53. The first-order chi connectivity index (χ1) is 8.50. The SMILES string of the molecule is Cc1n[nH]c(C)c1S(=O)(=O)NCc1ccccn1. The predicted octanol–water partition coefficient (Wildman–Crippen LogP) is 0.900. The lowest BCUT2D eigenvalue weighted by atomic mass is 10.4. The molecule has 0 saturated carbocycles. The number of hydrogen-bond acceptors (Lipinski definition) is 4. The molecule has 0 saturated heterocycles. The standard InChI is InChI=1S/C11H14N4O2S/c1-8-11(9(2)15-14-8)18(16,17)13-7-10-5-3-4-6-12-10/h3-6,13H,7H2,1-2H3,(H,14,15). The summed E-state index contributed by atoms with van der Waals surface area (Å²) in [5.74, 6) is 0. The second-order valence-corrected chi connectivity index (χ2v) is 5.61. The third kappa shape index (κ3) is 2.57. The molecule has 6 nitrogen and oxygen atoms in total. The number of rotatable bonds is 4. The number of hydrogen-bond donors (Lipinski definition) is 2. The first-order valence-corrected chi connectivity index (χ1v) is 6.90. The van der Waals surface area contributed by atoms with E-state index in [0.29, 0.717) is 17.1 Å². The first kappa shape index (κ1) is 12.7. The maximum Gasteiger partial charge on any atom is 0.244 e. The average molecular weight is 266 g/mol. The van der Waals surface area contributed by atoms with Crippen molar-refractivity contribution in [1.82, 2.24) is 19.9 Å². The molecule has 0 fully saturated rings. The number of nitrogens with one attached hydrogen (secondary N) is 2. The summed E-state index contributed by atoms with van der Waals surface area (Å²) in [6.07, 6.45) is 1.62. The summed E-state index contributed by atoms with van der Waals surface area (Å²) >= 11 is 0. The van der Waals surface area contributed by atoms with Gasteiger partial charge in [-0.05, 0) is 26.0 Å². The van der Waals surface area contributed by atoms with E-state index in [9.17, 15) is 8.42 Å². The highest BCUT2D eigenvalue weighted by Gasteiger charge is 2.21. The minimum absolute atomic E-state index is 0.160. The third-order valence-electron chi connectivity index (χ3n) is 2.50. The topological polar surface area (TPSA) is 87.7 Å². The van der Waals surface area contributed by atoms with Crippen LogP contribution in [0.2, 0.25) is 0 Å². The summed E-state index contributed by atoms with van der Waals surface area (Å²) in [5.41, 5.74) is 1.65. The van der Waals surface area contributed by atoms with Crippen LogP contribution in [0.3, 0.4) is 0 Å². The lowest BCUT2D eigenvalue weighted by Crippen LogP contribution is -2.24. The van der Waals surface area contributed by atoms with Crippen molar-refractivity contribution < 1.29 is 8.42 Å². The second-order valence-electron chi connectivity index (χ2n) is 3.91. The molecule has 7 heteroatoms. The van der Waals surface area contributed by atoms with Gasteiger partial charge in [0.25, 0.3) is 0 Å². The molecule has 0 aliphatic rings. The van der Waals surface area contributed by atoms with Gasteiger partial charge in [0.1, 0.15) is 4.90 Å². The minimum atomic E-state index is -3.56. The van der Waals surface area contributed by atoms with Crippen molar-refractivity contribution in [3.63, 3.8) is 0 Å². The molecule has 2 aromatic rings. The van der Waals surface area contributed by atoms with Crippen molar-refractivity contribution in [2.45, 2.75) is 25.3 Å². The normalized spacial score (nSPS) is 11.7. The van der Waals surface area contributed by atoms with Crippen molar-refractivity contribution in [3.05, 3.63) is 41.5 Å². The fourth-order valence-electron chi connectivity index (χ4n) is 1.68. The summed E-state index contributed by atoms with van der Waals surface area (Å²) in [4.78, 5) is 4.26. The van der Waals surface area contributed by atoms with Gasteiger partial charge in [0.15, 0.2) is 0 Å². The highest BCUT2D eigenvalue weighted by atomic mass is 32.2. The fourth-order valence-corrected chi connectivity index (χ4v) is 3.05. The molecule has 96 valence electrons. The predicted molar refractivity (Wildman–Crippen MR) is 66.3 cm³/mol. The van der Waals surface area contributed by atoms with Crippen molar-refractivity contribution in [1.29, 1.82) is 0 Å². The van der Waals surface area contributed by atoms with E-state index in [0.717, 1.165) is 0 Å². The second kappa shape index (κ2) is 4.87. The zero-order valence-corrected chi connectivity index (χ0v) is 11.0. The van der Waals surface area contributed by atoms with Crippen LogP contribution in [-0.4, -0.2) is 23.6 Å². The molecule has 0 aromatic carbocycles. The third-order valence-corrected chi connectivity index (χ3v) is 4.16. The summed E-state index contributed by atoms with van der Waals surface area (Å²) in [6, 6.07) is 5.35. The molecular weight excluding hydrogens is 252 g/mol. The van der Waals surface area contributed by atoms with Crippen LogP contribution in [0.15, 0.2) is 29.3 Å². The molecule has 0 aliphatic carbocycles. The van der Waals surface area contributed by atoms with Gasteiger partial charge in [0, 0.05) is 6.20 Å². The van der Waals surface area contributed by atoms with E-state index in [1.807, 2.05) is 6.07 Å². The van der Waals surface area contributed by atoms with Gasteiger partial charge in [-0.25, -0.2) is 13.1 Å². The van der Waals surface area contributed by atoms with E-state index in [1.54, 1.807) is 32.2 Å². The molecule has 0 spiro atoms. The Morgan fingerprint density at radius 3 is 2.67 bits per heavy atom. The Morgan fingerprint density at radius 2 is 2.11 bits per heavy atom. The van der Waals surface area contributed by atoms with E-state index in [1.165, 1.54) is 0 Å². The van der Waals surface area contributed by atoms with Crippen molar-refractivity contribution in [3.8, 4) is 0 Å². The number of sulfonamides is 1. The largest absolute Gasteiger partial charge is 0.281 e. The fraction of sp³-hybridized carbons (Fsp3) is 0.273. The highest BCUT2D eigenvalue weighted by Crippen LogP contribution is 2.16. The molecule has 2 aromatic heterocycles. The molecule has 2 N–H and O–H groups in total. The number of H-pyrrole nitrogens is 1. The number of aromatic amines is 1. The molecule has 0 unspecified atom stereocenters. The number of pyridine rings is 1. The lowest BCUT2D eigenvalue weighted by molar-refractivity contribution is 0.579. The summed E-state index contributed by atoms with van der Waals surface area (Å²) in [7, 11) is -3.56. The van der Waals surface area contributed by atoms with Gasteiger partial charge >= 0.3 is 0 Å². The molecule has 0 atom stereocenters. The molecule has 2 rings (SSSR count). The Morgan fingerprint density at radius 1 is 1.33 bits per heavy atom. The van der Waals surface area contributed by atoms with Crippen LogP contribution in [0.1, 0.15) is 17.1 Å².